The highest BCUT2D eigenvalue weighted by molar-refractivity contribution is 7.27. The predicted octanol–water partition coefficient (Wildman–Crippen LogP) is 1.83. The number of aromatic nitrogens is 2. The summed E-state index contributed by atoms with van der Waals surface area (Å²) in [6, 6.07) is 6.54. The molecule has 2 heterocycles. The number of aromatic amines is 1. The Morgan fingerprint density at radius 1 is 1.35 bits per heavy atom. The molecule has 3 rings (SSSR count). The van der Waals surface area contributed by atoms with Crippen molar-refractivity contribution < 1.29 is 0 Å². The van der Waals surface area contributed by atoms with Gasteiger partial charge in [0.1, 0.15) is 5.82 Å². The molecule has 0 bridgehead atoms. The van der Waals surface area contributed by atoms with Crippen molar-refractivity contribution >= 4 is 14.5 Å². The maximum Gasteiger partial charge on any atom is 0.103 e. The van der Waals surface area contributed by atoms with Crippen LogP contribution in [0, 0.1) is 6.92 Å². The van der Waals surface area contributed by atoms with Crippen LogP contribution in [0.5, 0.6) is 0 Å². The first-order valence-corrected chi connectivity index (χ1v) is 6.34. The van der Waals surface area contributed by atoms with Crippen LogP contribution in [0.4, 0.5) is 0 Å². The van der Waals surface area contributed by atoms with Crippen LogP contribution in [0.1, 0.15) is 17.1 Å². The smallest absolute Gasteiger partial charge is 0.103 e. The number of H-pyrrole nitrogens is 1. The predicted molar refractivity (Wildman–Crippen MR) is 73.3 cm³/mol. The molecule has 1 aromatic heterocycles. The van der Waals surface area contributed by atoms with Crippen molar-refractivity contribution in [3.63, 3.8) is 0 Å². The van der Waals surface area contributed by atoms with Crippen molar-refractivity contribution in [1.82, 2.24) is 14.9 Å². The molecule has 88 valence electrons. The van der Waals surface area contributed by atoms with Gasteiger partial charge in [-0.15, -0.1) is 9.24 Å². The number of hydrogen-bond acceptors (Lipinski definition) is 2. The van der Waals surface area contributed by atoms with E-state index >= 15 is 0 Å². The molecule has 0 radical (unpaired) electrons. The Labute approximate surface area is 103 Å². The zero-order valence-corrected chi connectivity index (χ0v) is 11.3. The summed E-state index contributed by atoms with van der Waals surface area (Å²) in [5.41, 5.74) is 4.96. The van der Waals surface area contributed by atoms with E-state index < -0.39 is 0 Å². The molecule has 4 heteroatoms. The second-order valence-electron chi connectivity index (χ2n) is 4.74. The Hall–Kier alpha value is -1.18. The highest BCUT2D eigenvalue weighted by Crippen LogP contribution is 2.30. The minimum Gasteiger partial charge on any atom is -0.345 e. The van der Waals surface area contributed by atoms with E-state index in [1.807, 2.05) is 6.92 Å². The standard InChI is InChI=1S/C13H16N3P/c1-8-14-12-7-16(2)6-9-5-10(17)3-4-11(9)13(12)15-8/h3-5H,6-7,17H2,1-2H3,(H,14,15). The number of fused-ring (bicyclic) bond motifs is 3. The summed E-state index contributed by atoms with van der Waals surface area (Å²) in [4.78, 5) is 10.3. The number of imidazole rings is 1. The van der Waals surface area contributed by atoms with Gasteiger partial charge < -0.3 is 4.98 Å². The average molecular weight is 245 g/mol. The molecule has 0 aliphatic carbocycles. The van der Waals surface area contributed by atoms with Crippen LogP contribution in [0.25, 0.3) is 11.3 Å². The van der Waals surface area contributed by atoms with Crippen molar-refractivity contribution in [3.05, 3.63) is 35.3 Å². The van der Waals surface area contributed by atoms with E-state index in [9.17, 15) is 0 Å². The van der Waals surface area contributed by atoms with Gasteiger partial charge in [0, 0.05) is 18.7 Å². The molecule has 1 unspecified atom stereocenters. The topological polar surface area (TPSA) is 31.9 Å². The summed E-state index contributed by atoms with van der Waals surface area (Å²) < 4.78 is 0. The van der Waals surface area contributed by atoms with Crippen molar-refractivity contribution in [2.45, 2.75) is 20.0 Å². The summed E-state index contributed by atoms with van der Waals surface area (Å²) in [5.74, 6) is 0.992. The fraction of sp³-hybridized carbons (Fsp3) is 0.308. The Kier molecular flexibility index (Phi) is 2.53. The first kappa shape index (κ1) is 10.9. The highest BCUT2D eigenvalue weighted by atomic mass is 31.0. The molecule has 2 aromatic rings. The fourth-order valence-corrected chi connectivity index (χ4v) is 2.77. The van der Waals surface area contributed by atoms with Crippen LogP contribution in [-0.2, 0) is 13.1 Å². The number of hydrogen-bond donors (Lipinski definition) is 1. The van der Waals surface area contributed by atoms with E-state index in [-0.39, 0.29) is 0 Å². The molecule has 0 amide bonds. The quantitative estimate of drug-likeness (QED) is 0.718. The van der Waals surface area contributed by atoms with Gasteiger partial charge in [0.15, 0.2) is 0 Å². The van der Waals surface area contributed by atoms with Crippen molar-refractivity contribution in [2.75, 3.05) is 7.05 Å². The van der Waals surface area contributed by atoms with E-state index in [0.29, 0.717) is 0 Å². The van der Waals surface area contributed by atoms with E-state index in [1.165, 1.54) is 22.1 Å². The lowest BCUT2D eigenvalue weighted by Crippen LogP contribution is -2.16. The monoisotopic (exact) mass is 245 g/mol. The Balaban J connectivity index is 2.25. The van der Waals surface area contributed by atoms with Gasteiger partial charge in [-0.05, 0) is 30.9 Å². The molecule has 1 atom stereocenters. The molecule has 0 saturated carbocycles. The van der Waals surface area contributed by atoms with Crippen LogP contribution in [0.15, 0.2) is 18.2 Å². The summed E-state index contributed by atoms with van der Waals surface area (Å²) >= 11 is 0. The lowest BCUT2D eigenvalue weighted by atomic mass is 10.0. The second-order valence-corrected chi connectivity index (χ2v) is 5.40. The van der Waals surface area contributed by atoms with Gasteiger partial charge in [0.25, 0.3) is 0 Å². The van der Waals surface area contributed by atoms with Crippen LogP contribution >= 0.6 is 9.24 Å². The van der Waals surface area contributed by atoms with Crippen molar-refractivity contribution in [1.29, 1.82) is 0 Å². The number of aryl methyl sites for hydroxylation is 1. The third-order valence-electron chi connectivity index (χ3n) is 3.15. The highest BCUT2D eigenvalue weighted by Gasteiger charge is 2.20. The van der Waals surface area contributed by atoms with Crippen molar-refractivity contribution in [3.8, 4) is 11.3 Å². The molecule has 1 N–H and O–H groups in total. The Morgan fingerprint density at radius 3 is 3.00 bits per heavy atom. The molecule has 3 nitrogen and oxygen atoms in total. The summed E-state index contributed by atoms with van der Waals surface area (Å²) in [6.07, 6.45) is 0. The molecule has 0 fully saturated rings. The number of benzene rings is 1. The average Bonchev–Trinajstić information content (AvgIpc) is 2.53. The van der Waals surface area contributed by atoms with Gasteiger partial charge in [0.05, 0.1) is 11.4 Å². The Morgan fingerprint density at radius 2 is 2.18 bits per heavy atom. The lowest BCUT2D eigenvalue weighted by Gasteiger charge is -2.14. The molecule has 1 aliphatic rings. The SMILES string of the molecule is Cc1nc2c([nH]1)CN(C)Cc1cc(P)ccc1-2. The third kappa shape index (κ3) is 1.90. The molecule has 1 aromatic carbocycles. The number of nitrogens with zero attached hydrogens (tertiary/aromatic N) is 2. The zero-order valence-electron chi connectivity index (χ0n) is 10.1. The molecule has 1 aliphatic heterocycles. The first-order chi connectivity index (χ1) is 8.13. The van der Waals surface area contributed by atoms with Crippen LogP contribution in [-0.4, -0.2) is 21.9 Å². The van der Waals surface area contributed by atoms with Gasteiger partial charge in [-0.3, -0.25) is 4.90 Å². The largest absolute Gasteiger partial charge is 0.345 e. The summed E-state index contributed by atoms with van der Waals surface area (Å²) in [5, 5.41) is 1.23. The van der Waals surface area contributed by atoms with Crippen molar-refractivity contribution in [2.24, 2.45) is 0 Å². The second kappa shape index (κ2) is 3.94. The third-order valence-corrected chi connectivity index (χ3v) is 3.51. The molecule has 0 saturated heterocycles. The van der Waals surface area contributed by atoms with Gasteiger partial charge in [0.2, 0.25) is 0 Å². The number of rotatable bonds is 0. The minimum atomic E-state index is 0.928. The Bertz CT molecular complexity index is 574. The van der Waals surface area contributed by atoms with Gasteiger partial charge in [-0.2, -0.15) is 0 Å². The molecular formula is C13H16N3P. The van der Waals surface area contributed by atoms with Gasteiger partial charge in [-0.25, -0.2) is 4.98 Å². The normalized spacial score (nSPS) is 15.2. The maximum atomic E-state index is 4.63. The zero-order chi connectivity index (χ0) is 12.0. The lowest BCUT2D eigenvalue weighted by molar-refractivity contribution is 0.319. The summed E-state index contributed by atoms with van der Waals surface area (Å²) in [7, 11) is 4.90. The van der Waals surface area contributed by atoms with Crippen LogP contribution in [0.3, 0.4) is 0 Å². The van der Waals surface area contributed by atoms with Crippen LogP contribution < -0.4 is 5.30 Å². The van der Waals surface area contributed by atoms with E-state index in [2.05, 4.69) is 49.4 Å². The summed E-state index contributed by atoms with van der Waals surface area (Å²) in [6.45, 7) is 3.91. The van der Waals surface area contributed by atoms with Gasteiger partial charge >= 0.3 is 0 Å². The first-order valence-electron chi connectivity index (χ1n) is 5.76. The maximum absolute atomic E-state index is 4.63. The van der Waals surface area contributed by atoms with E-state index in [1.54, 1.807) is 0 Å². The van der Waals surface area contributed by atoms with Crippen LogP contribution in [0.2, 0.25) is 0 Å². The fourth-order valence-electron chi connectivity index (χ4n) is 2.47. The van der Waals surface area contributed by atoms with E-state index in [4.69, 9.17) is 0 Å². The van der Waals surface area contributed by atoms with Gasteiger partial charge in [-0.1, -0.05) is 12.1 Å². The minimum absolute atomic E-state index is 0.928. The molecule has 0 spiro atoms. The molecule has 17 heavy (non-hydrogen) atoms. The molecular weight excluding hydrogens is 229 g/mol. The number of nitrogens with one attached hydrogen (secondary N) is 1. The van der Waals surface area contributed by atoms with E-state index in [0.717, 1.165) is 24.6 Å².